The molecule has 192 valence electrons. The number of rotatable bonds is 8. The molecule has 1 aromatic heterocycles. The van der Waals surface area contributed by atoms with Crippen LogP contribution < -0.4 is 10.1 Å². The summed E-state index contributed by atoms with van der Waals surface area (Å²) in [5.74, 6) is -0.639. The largest absolute Gasteiger partial charge is 0.494 e. The molecule has 0 aliphatic carbocycles. The summed E-state index contributed by atoms with van der Waals surface area (Å²) in [7, 11) is 0. The van der Waals surface area contributed by atoms with Crippen molar-refractivity contribution < 1.29 is 23.5 Å². The minimum absolute atomic E-state index is 0.220. The summed E-state index contributed by atoms with van der Waals surface area (Å²) in [4.78, 5) is 39.4. The van der Waals surface area contributed by atoms with E-state index in [1.165, 1.54) is 6.07 Å². The van der Waals surface area contributed by atoms with Crippen molar-refractivity contribution in [1.82, 2.24) is 9.47 Å². The minimum atomic E-state index is -0.534. The number of carbonyl (C=O) groups is 3. The molecule has 2 heterocycles. The number of anilines is 1. The number of aromatic nitrogens is 1. The van der Waals surface area contributed by atoms with Gasteiger partial charge in [-0.25, -0.2) is 4.39 Å². The number of hydrogen-bond acceptors (Lipinski definition) is 5. The van der Waals surface area contributed by atoms with Gasteiger partial charge < -0.3 is 14.6 Å². The highest BCUT2D eigenvalue weighted by Crippen LogP contribution is 2.34. The van der Waals surface area contributed by atoms with Crippen molar-refractivity contribution in [2.24, 2.45) is 0 Å². The molecule has 4 aromatic rings. The van der Waals surface area contributed by atoms with Gasteiger partial charge in [0.2, 0.25) is 5.91 Å². The van der Waals surface area contributed by atoms with Gasteiger partial charge >= 0.3 is 0 Å². The predicted octanol–water partition coefficient (Wildman–Crippen LogP) is 5.90. The number of amides is 3. The molecule has 1 saturated heterocycles. The van der Waals surface area contributed by atoms with Crippen molar-refractivity contribution in [1.29, 1.82) is 0 Å². The minimum Gasteiger partial charge on any atom is -0.494 e. The molecule has 0 spiro atoms. The zero-order valence-electron chi connectivity index (χ0n) is 20.5. The average Bonchev–Trinajstić information content (AvgIpc) is 3.38. The molecule has 1 aliphatic heterocycles. The van der Waals surface area contributed by atoms with Crippen LogP contribution >= 0.6 is 11.8 Å². The maximum Gasteiger partial charge on any atom is 0.294 e. The number of benzene rings is 3. The van der Waals surface area contributed by atoms with E-state index in [1.54, 1.807) is 48.5 Å². The van der Waals surface area contributed by atoms with Crippen LogP contribution in [0.3, 0.4) is 0 Å². The Morgan fingerprint density at radius 3 is 2.53 bits per heavy atom. The van der Waals surface area contributed by atoms with Gasteiger partial charge in [-0.2, -0.15) is 0 Å². The van der Waals surface area contributed by atoms with Gasteiger partial charge in [0.15, 0.2) is 0 Å². The van der Waals surface area contributed by atoms with Crippen molar-refractivity contribution >= 4 is 51.5 Å². The predicted molar refractivity (Wildman–Crippen MR) is 146 cm³/mol. The number of nitrogens with one attached hydrogen (secondary N) is 1. The second-order valence-corrected chi connectivity index (χ2v) is 9.59. The lowest BCUT2D eigenvalue weighted by Gasteiger charge is -2.12. The van der Waals surface area contributed by atoms with Gasteiger partial charge in [-0.05, 0) is 61.2 Å². The molecule has 5 rings (SSSR count). The molecule has 7 nitrogen and oxygen atoms in total. The molecule has 1 fully saturated rings. The third kappa shape index (κ3) is 5.33. The van der Waals surface area contributed by atoms with Crippen LogP contribution in [-0.4, -0.2) is 39.7 Å². The van der Waals surface area contributed by atoms with Gasteiger partial charge in [0, 0.05) is 33.9 Å². The molecule has 3 amide bonds. The summed E-state index contributed by atoms with van der Waals surface area (Å²) in [6, 6.07) is 21.0. The second-order valence-electron chi connectivity index (χ2n) is 8.59. The molecule has 0 saturated carbocycles. The Balaban J connectivity index is 1.33. The molecule has 1 N–H and O–H groups in total. The summed E-state index contributed by atoms with van der Waals surface area (Å²) < 4.78 is 21.6. The van der Waals surface area contributed by atoms with Crippen LogP contribution in [0, 0.1) is 5.82 Å². The molecule has 3 aromatic carbocycles. The Kier molecular flexibility index (Phi) is 7.28. The number of carbonyl (C=O) groups excluding carboxylic acids is 3. The summed E-state index contributed by atoms with van der Waals surface area (Å²) in [6.07, 6.45) is 3.49. The van der Waals surface area contributed by atoms with Crippen molar-refractivity contribution in [3.8, 4) is 5.75 Å². The molecule has 1 aliphatic rings. The molecule has 9 heteroatoms. The molecule has 0 unspecified atom stereocenters. The van der Waals surface area contributed by atoms with E-state index in [1.807, 2.05) is 42.0 Å². The lowest BCUT2D eigenvalue weighted by atomic mass is 10.1. The van der Waals surface area contributed by atoms with Crippen LogP contribution in [0.5, 0.6) is 5.75 Å². The van der Waals surface area contributed by atoms with E-state index in [4.69, 9.17) is 4.74 Å². The highest BCUT2D eigenvalue weighted by atomic mass is 32.2. The molecular weight excluding hydrogens is 505 g/mol. The average molecular weight is 530 g/mol. The van der Waals surface area contributed by atoms with E-state index < -0.39 is 23.6 Å². The third-order valence-corrected chi connectivity index (χ3v) is 6.94. The first kappa shape index (κ1) is 25.3. The lowest BCUT2D eigenvalue weighted by molar-refractivity contribution is -0.127. The molecule has 0 bridgehead atoms. The van der Waals surface area contributed by atoms with Gasteiger partial charge in [-0.15, -0.1) is 0 Å². The van der Waals surface area contributed by atoms with Crippen LogP contribution in [-0.2, 0) is 16.1 Å². The van der Waals surface area contributed by atoms with Crippen molar-refractivity contribution in [3.05, 3.63) is 101 Å². The fraction of sp³-hybridized carbons (Fsp3) is 0.138. The maximum atomic E-state index is 14.3. The number of hydrogen-bond donors (Lipinski definition) is 1. The fourth-order valence-electron chi connectivity index (χ4n) is 4.25. The number of thioether (sulfide) groups is 1. The van der Waals surface area contributed by atoms with E-state index in [9.17, 15) is 18.8 Å². The number of ether oxygens (including phenoxy) is 1. The first-order valence-corrected chi connectivity index (χ1v) is 12.8. The zero-order valence-corrected chi connectivity index (χ0v) is 21.3. The number of fused-ring (bicyclic) bond motifs is 1. The Morgan fingerprint density at radius 1 is 1.03 bits per heavy atom. The standard InChI is InChI=1S/C29H24FN3O4S/c1-2-37-22-13-11-21(12-14-22)31-27(34)18-33-28(35)26(38-29(33)36)15-20-17-32(25-10-6-4-8-23(20)25)16-19-7-3-5-9-24(19)30/h3-15,17H,2,16,18H2,1H3,(H,31,34)/b26-15+. The van der Waals surface area contributed by atoms with Gasteiger partial charge in [0.1, 0.15) is 18.1 Å². The number of halogens is 1. The lowest BCUT2D eigenvalue weighted by Crippen LogP contribution is -2.36. The molecule has 0 radical (unpaired) electrons. The van der Waals surface area contributed by atoms with E-state index in [0.717, 1.165) is 33.1 Å². The normalized spacial score (nSPS) is 14.5. The van der Waals surface area contributed by atoms with Gasteiger partial charge in [-0.1, -0.05) is 36.4 Å². The van der Waals surface area contributed by atoms with Crippen LogP contribution in [0.25, 0.3) is 17.0 Å². The Morgan fingerprint density at radius 2 is 1.76 bits per heavy atom. The van der Waals surface area contributed by atoms with Crippen LogP contribution in [0.4, 0.5) is 14.9 Å². The van der Waals surface area contributed by atoms with Crippen molar-refractivity contribution in [3.63, 3.8) is 0 Å². The van der Waals surface area contributed by atoms with Gasteiger partial charge in [-0.3, -0.25) is 19.3 Å². The summed E-state index contributed by atoms with van der Waals surface area (Å²) >= 11 is 0.789. The maximum absolute atomic E-state index is 14.3. The number of para-hydroxylation sites is 1. The Labute approximate surface area is 222 Å². The highest BCUT2D eigenvalue weighted by Gasteiger charge is 2.36. The Bertz CT molecular complexity index is 1560. The van der Waals surface area contributed by atoms with Crippen LogP contribution in [0.15, 0.2) is 83.9 Å². The van der Waals surface area contributed by atoms with E-state index >= 15 is 0 Å². The summed E-state index contributed by atoms with van der Waals surface area (Å²) in [5, 5.41) is 3.04. The number of nitrogens with zero attached hydrogens (tertiary/aromatic N) is 2. The quantitative estimate of drug-likeness (QED) is 0.288. The van der Waals surface area contributed by atoms with Crippen molar-refractivity contribution in [2.75, 3.05) is 18.5 Å². The van der Waals surface area contributed by atoms with Crippen molar-refractivity contribution in [2.45, 2.75) is 13.5 Å². The monoisotopic (exact) mass is 529 g/mol. The molecular formula is C29H24FN3O4S. The summed E-state index contributed by atoms with van der Waals surface area (Å²) in [5.41, 5.74) is 2.67. The van der Waals surface area contributed by atoms with Crippen LogP contribution in [0.2, 0.25) is 0 Å². The zero-order chi connectivity index (χ0) is 26.6. The SMILES string of the molecule is CCOc1ccc(NC(=O)CN2C(=O)S/C(=C/c3cn(Cc4ccccc4F)c4ccccc34)C2=O)cc1. The first-order chi connectivity index (χ1) is 18.4. The highest BCUT2D eigenvalue weighted by molar-refractivity contribution is 8.18. The third-order valence-electron chi connectivity index (χ3n) is 6.03. The topological polar surface area (TPSA) is 80.6 Å². The molecule has 0 atom stereocenters. The van der Waals surface area contributed by atoms with Gasteiger partial charge in [0.05, 0.1) is 18.1 Å². The van der Waals surface area contributed by atoms with E-state index in [0.29, 0.717) is 30.2 Å². The fourth-order valence-corrected chi connectivity index (χ4v) is 5.08. The van der Waals surface area contributed by atoms with E-state index in [2.05, 4.69) is 5.32 Å². The molecule has 38 heavy (non-hydrogen) atoms. The second kappa shape index (κ2) is 10.9. The van der Waals surface area contributed by atoms with E-state index in [-0.39, 0.29) is 10.7 Å². The summed E-state index contributed by atoms with van der Waals surface area (Å²) in [6.45, 7) is 2.33. The first-order valence-electron chi connectivity index (χ1n) is 12.0. The number of imide groups is 1. The smallest absolute Gasteiger partial charge is 0.294 e. The van der Waals surface area contributed by atoms with Gasteiger partial charge in [0.25, 0.3) is 11.1 Å². The van der Waals surface area contributed by atoms with Crippen LogP contribution in [0.1, 0.15) is 18.1 Å². The Hall–Kier alpha value is -4.37.